The van der Waals surface area contributed by atoms with E-state index in [1.165, 1.54) is 24.8 Å². The number of rotatable bonds is 8. The number of carbonyl (C=O) groups is 2. The van der Waals surface area contributed by atoms with Crippen LogP contribution in [0.3, 0.4) is 0 Å². The molecule has 0 spiro atoms. The van der Waals surface area contributed by atoms with Gasteiger partial charge in [0.05, 0.1) is 13.7 Å². The first kappa shape index (κ1) is 24.8. The van der Waals surface area contributed by atoms with Gasteiger partial charge in [0.25, 0.3) is 0 Å². The summed E-state index contributed by atoms with van der Waals surface area (Å²) in [6.45, 7) is 4.85. The first-order valence-corrected chi connectivity index (χ1v) is 13.1. The third kappa shape index (κ3) is 6.44. The SMILES string of the molecule is COc1ccc(CN2CCC(C(N)=O)CC2)cc1OCC1CCCN(C(=O)C2CCCCC2)C1. The number of benzene rings is 1. The fourth-order valence-corrected chi connectivity index (χ4v) is 5.78. The number of amides is 2. The van der Waals surface area contributed by atoms with E-state index in [2.05, 4.69) is 21.9 Å². The molecule has 7 heteroatoms. The molecule has 0 bridgehead atoms. The lowest BCUT2D eigenvalue weighted by Gasteiger charge is -2.36. The maximum absolute atomic E-state index is 13.0. The van der Waals surface area contributed by atoms with Crippen molar-refractivity contribution >= 4 is 11.8 Å². The van der Waals surface area contributed by atoms with E-state index < -0.39 is 0 Å². The molecule has 1 saturated carbocycles. The Bertz CT molecular complexity index is 831. The van der Waals surface area contributed by atoms with Crippen LogP contribution in [0.5, 0.6) is 11.5 Å². The van der Waals surface area contributed by atoms with Gasteiger partial charge in [0.1, 0.15) is 0 Å². The van der Waals surface area contributed by atoms with Gasteiger partial charge in [-0.25, -0.2) is 0 Å². The highest BCUT2D eigenvalue weighted by Gasteiger charge is 2.30. The van der Waals surface area contributed by atoms with Gasteiger partial charge in [0.2, 0.25) is 11.8 Å². The van der Waals surface area contributed by atoms with Gasteiger partial charge in [-0.3, -0.25) is 14.5 Å². The van der Waals surface area contributed by atoms with Crippen LogP contribution in [0.4, 0.5) is 0 Å². The Labute approximate surface area is 203 Å². The van der Waals surface area contributed by atoms with Crippen molar-refractivity contribution in [3.8, 4) is 11.5 Å². The fraction of sp³-hybridized carbons (Fsp3) is 0.704. The highest BCUT2D eigenvalue weighted by atomic mass is 16.5. The lowest BCUT2D eigenvalue weighted by atomic mass is 9.87. The molecule has 1 atom stereocenters. The van der Waals surface area contributed by atoms with E-state index >= 15 is 0 Å². The van der Waals surface area contributed by atoms with Crippen LogP contribution in [-0.2, 0) is 16.1 Å². The van der Waals surface area contributed by atoms with Crippen molar-refractivity contribution in [2.45, 2.75) is 64.3 Å². The van der Waals surface area contributed by atoms with Crippen LogP contribution < -0.4 is 15.2 Å². The highest BCUT2D eigenvalue weighted by Crippen LogP contribution is 2.31. The predicted octanol–water partition coefficient (Wildman–Crippen LogP) is 3.59. The van der Waals surface area contributed by atoms with Crippen molar-refractivity contribution < 1.29 is 19.1 Å². The van der Waals surface area contributed by atoms with E-state index in [9.17, 15) is 9.59 Å². The molecule has 1 aliphatic carbocycles. The highest BCUT2D eigenvalue weighted by molar-refractivity contribution is 5.79. The third-order valence-electron chi connectivity index (χ3n) is 7.88. The Morgan fingerprint density at radius 2 is 1.71 bits per heavy atom. The summed E-state index contributed by atoms with van der Waals surface area (Å²) in [7, 11) is 1.67. The van der Waals surface area contributed by atoms with E-state index in [0.717, 1.165) is 82.7 Å². The molecule has 2 aliphatic heterocycles. The molecule has 1 unspecified atom stereocenters. The second kappa shape index (κ2) is 11.9. The molecule has 4 rings (SSSR count). The molecule has 188 valence electrons. The van der Waals surface area contributed by atoms with Gasteiger partial charge in [-0.15, -0.1) is 0 Å². The van der Waals surface area contributed by atoms with Gasteiger partial charge in [-0.1, -0.05) is 25.3 Å². The molecule has 3 fully saturated rings. The van der Waals surface area contributed by atoms with Gasteiger partial charge in [0.15, 0.2) is 11.5 Å². The average molecular weight is 472 g/mol. The Hall–Kier alpha value is -2.28. The summed E-state index contributed by atoms with van der Waals surface area (Å²) in [5.41, 5.74) is 6.64. The molecule has 0 aromatic heterocycles. The summed E-state index contributed by atoms with van der Waals surface area (Å²) in [6.07, 6.45) is 9.55. The second-order valence-corrected chi connectivity index (χ2v) is 10.4. The van der Waals surface area contributed by atoms with Crippen molar-refractivity contribution in [3.05, 3.63) is 23.8 Å². The number of carbonyl (C=O) groups excluding carboxylic acids is 2. The van der Waals surface area contributed by atoms with Crippen LogP contribution in [-0.4, -0.2) is 61.5 Å². The summed E-state index contributed by atoms with van der Waals surface area (Å²) < 4.78 is 11.8. The van der Waals surface area contributed by atoms with E-state index in [1.807, 2.05) is 6.07 Å². The summed E-state index contributed by atoms with van der Waals surface area (Å²) in [4.78, 5) is 28.9. The van der Waals surface area contributed by atoms with Gasteiger partial charge in [0, 0.05) is 37.4 Å². The Morgan fingerprint density at radius 1 is 0.941 bits per heavy atom. The molecule has 1 aromatic carbocycles. The lowest BCUT2D eigenvalue weighted by Crippen LogP contribution is -2.44. The molecule has 2 heterocycles. The van der Waals surface area contributed by atoms with Crippen molar-refractivity contribution in [2.24, 2.45) is 23.5 Å². The van der Waals surface area contributed by atoms with E-state index in [4.69, 9.17) is 15.2 Å². The number of ether oxygens (including phenoxy) is 2. The molecule has 2 N–H and O–H groups in total. The van der Waals surface area contributed by atoms with Crippen LogP contribution in [0, 0.1) is 17.8 Å². The number of nitrogens with two attached hydrogens (primary N) is 1. The van der Waals surface area contributed by atoms with Crippen LogP contribution in [0.15, 0.2) is 18.2 Å². The molecule has 1 aromatic rings. The number of piperidine rings is 2. The minimum atomic E-state index is -0.179. The standard InChI is InChI=1S/C27H41N3O4/c1-33-24-10-9-20(17-29-14-11-22(12-15-29)26(28)31)16-25(24)34-19-21-6-5-13-30(18-21)27(32)23-7-3-2-4-8-23/h9-10,16,21-23H,2-8,11-15,17-19H2,1H3,(H2,28,31). The number of methoxy groups -OCH3 is 1. The first-order valence-electron chi connectivity index (χ1n) is 13.1. The largest absolute Gasteiger partial charge is 0.493 e. The minimum Gasteiger partial charge on any atom is -0.493 e. The fourth-order valence-electron chi connectivity index (χ4n) is 5.78. The van der Waals surface area contributed by atoms with Crippen LogP contribution in [0.25, 0.3) is 0 Å². The predicted molar refractivity (Wildman–Crippen MR) is 132 cm³/mol. The molecule has 2 amide bonds. The molecule has 7 nitrogen and oxygen atoms in total. The van der Waals surface area contributed by atoms with Gasteiger partial charge < -0.3 is 20.1 Å². The van der Waals surface area contributed by atoms with E-state index in [1.54, 1.807) is 7.11 Å². The summed E-state index contributed by atoms with van der Waals surface area (Å²) in [5, 5.41) is 0. The summed E-state index contributed by atoms with van der Waals surface area (Å²) in [5.74, 6) is 2.28. The van der Waals surface area contributed by atoms with Crippen molar-refractivity contribution in [2.75, 3.05) is 39.9 Å². The Morgan fingerprint density at radius 3 is 2.41 bits per heavy atom. The number of hydrogen-bond acceptors (Lipinski definition) is 5. The zero-order valence-corrected chi connectivity index (χ0v) is 20.7. The molecular formula is C27H41N3O4. The normalized spacial score (nSPS) is 23.0. The molecule has 34 heavy (non-hydrogen) atoms. The van der Waals surface area contributed by atoms with Crippen molar-refractivity contribution in [3.63, 3.8) is 0 Å². The monoisotopic (exact) mass is 471 g/mol. The summed E-state index contributed by atoms with van der Waals surface area (Å²) in [6, 6.07) is 6.13. The van der Waals surface area contributed by atoms with Crippen molar-refractivity contribution in [1.29, 1.82) is 0 Å². The van der Waals surface area contributed by atoms with Crippen LogP contribution in [0.2, 0.25) is 0 Å². The lowest BCUT2D eigenvalue weighted by molar-refractivity contribution is -0.138. The van der Waals surface area contributed by atoms with E-state index in [-0.39, 0.29) is 17.7 Å². The molecule has 3 aliphatic rings. The quantitative estimate of drug-likeness (QED) is 0.626. The van der Waals surface area contributed by atoms with Gasteiger partial charge in [-0.2, -0.15) is 0 Å². The molecular weight excluding hydrogens is 430 g/mol. The third-order valence-corrected chi connectivity index (χ3v) is 7.88. The average Bonchev–Trinajstić information content (AvgIpc) is 2.88. The molecule has 2 saturated heterocycles. The van der Waals surface area contributed by atoms with Crippen molar-refractivity contribution in [1.82, 2.24) is 9.80 Å². The van der Waals surface area contributed by atoms with E-state index in [0.29, 0.717) is 18.4 Å². The Kier molecular flexibility index (Phi) is 8.70. The first-order chi connectivity index (χ1) is 16.5. The summed E-state index contributed by atoms with van der Waals surface area (Å²) >= 11 is 0. The minimum absolute atomic E-state index is 0.00562. The Balaban J connectivity index is 1.31. The maximum atomic E-state index is 13.0. The number of likely N-dealkylation sites (tertiary alicyclic amines) is 2. The van der Waals surface area contributed by atoms with Crippen LogP contribution in [0.1, 0.15) is 63.4 Å². The zero-order valence-electron chi connectivity index (χ0n) is 20.7. The number of primary amides is 1. The second-order valence-electron chi connectivity index (χ2n) is 10.4. The molecule has 0 radical (unpaired) electrons. The van der Waals surface area contributed by atoms with Gasteiger partial charge >= 0.3 is 0 Å². The number of nitrogens with zero attached hydrogens (tertiary/aromatic N) is 2. The van der Waals surface area contributed by atoms with Gasteiger partial charge in [-0.05, 0) is 69.3 Å². The zero-order chi connectivity index (χ0) is 23.9. The topological polar surface area (TPSA) is 85.1 Å². The smallest absolute Gasteiger partial charge is 0.225 e. The van der Waals surface area contributed by atoms with Crippen LogP contribution >= 0.6 is 0 Å². The maximum Gasteiger partial charge on any atom is 0.225 e. The number of hydrogen-bond donors (Lipinski definition) is 1.